The molecule has 0 radical (unpaired) electrons. The second kappa shape index (κ2) is 12.4. The van der Waals surface area contributed by atoms with Gasteiger partial charge < -0.3 is 10.2 Å². The van der Waals surface area contributed by atoms with Gasteiger partial charge in [0.05, 0.1) is 17.8 Å². The van der Waals surface area contributed by atoms with E-state index in [9.17, 15) is 14.4 Å². The van der Waals surface area contributed by atoms with Gasteiger partial charge in [-0.25, -0.2) is 4.98 Å². The van der Waals surface area contributed by atoms with E-state index in [1.165, 1.54) is 12.5 Å². The summed E-state index contributed by atoms with van der Waals surface area (Å²) < 4.78 is 1.08. The van der Waals surface area contributed by atoms with Crippen LogP contribution in [0.25, 0.3) is 27.3 Å². The highest BCUT2D eigenvalue weighted by Crippen LogP contribution is 2.27. The lowest BCUT2D eigenvalue weighted by Crippen LogP contribution is -2.37. The minimum atomic E-state index is -0.796. The van der Waals surface area contributed by atoms with Crippen LogP contribution in [-0.2, 0) is 16.0 Å². The van der Waals surface area contributed by atoms with Crippen LogP contribution in [0.15, 0.2) is 96.0 Å². The van der Waals surface area contributed by atoms with Crippen molar-refractivity contribution in [1.29, 1.82) is 0 Å². The molecule has 4 aromatic rings. The van der Waals surface area contributed by atoms with Crippen LogP contribution >= 0.6 is 0 Å². The van der Waals surface area contributed by atoms with E-state index >= 15 is 0 Å². The Labute approximate surface area is 225 Å². The molecular weight excluding hydrogens is 494 g/mol. The van der Waals surface area contributed by atoms with Crippen molar-refractivity contribution in [2.24, 2.45) is 5.11 Å². The highest BCUT2D eigenvalue weighted by Gasteiger charge is 2.21. The second-order valence-corrected chi connectivity index (χ2v) is 9.03. The number of azide groups is 1. The van der Waals surface area contributed by atoms with Crippen molar-refractivity contribution in [1.82, 2.24) is 14.9 Å². The summed E-state index contributed by atoms with van der Waals surface area (Å²) >= 11 is 0. The molecule has 1 N–H and O–H groups in total. The number of nitrogens with one attached hydrogen (secondary N) is 1. The molecule has 1 atom stereocenters. The first-order valence-electron chi connectivity index (χ1n) is 12.3. The highest BCUT2D eigenvalue weighted by molar-refractivity contribution is 6.08. The molecule has 0 aliphatic rings. The maximum absolute atomic E-state index is 13.4. The van der Waals surface area contributed by atoms with E-state index in [1.54, 1.807) is 24.9 Å². The van der Waals surface area contributed by atoms with Crippen molar-refractivity contribution < 1.29 is 14.4 Å². The minimum Gasteiger partial charge on any atom is -0.349 e. The summed E-state index contributed by atoms with van der Waals surface area (Å²) in [6.07, 6.45) is 4.63. The normalized spacial score (nSPS) is 11.9. The standard InChI is InChI=1S/C29H27N7O3/c1-20(15-24-18-36(19-31-24)29(39)33-34-30)32-28(38)23(16-21-9-4-3-5-10-21)17-27(37)35(2)26-14-8-12-22-11-6-7-13-25(22)26/h3-14,16,18-20H,15,17H2,1-2H3,(H,32,38)/t20-/m1/s1. The maximum Gasteiger partial charge on any atom is 0.319 e. The van der Waals surface area contributed by atoms with Gasteiger partial charge in [-0.15, -0.1) is 0 Å². The van der Waals surface area contributed by atoms with E-state index < -0.39 is 6.03 Å². The van der Waals surface area contributed by atoms with Crippen molar-refractivity contribution in [2.45, 2.75) is 25.8 Å². The third-order valence-corrected chi connectivity index (χ3v) is 6.16. The van der Waals surface area contributed by atoms with E-state index in [1.807, 2.05) is 72.8 Å². The monoisotopic (exact) mass is 521 g/mol. The lowest BCUT2D eigenvalue weighted by molar-refractivity contribution is -0.121. The van der Waals surface area contributed by atoms with Gasteiger partial charge in [0.25, 0.3) is 0 Å². The van der Waals surface area contributed by atoms with Crippen LogP contribution in [0, 0.1) is 0 Å². The molecule has 0 aliphatic carbocycles. The molecule has 0 saturated heterocycles. The fourth-order valence-corrected chi connectivity index (χ4v) is 4.21. The number of benzene rings is 3. The molecule has 3 amide bonds. The zero-order valence-electron chi connectivity index (χ0n) is 21.6. The SMILES string of the molecule is C[C@H](Cc1cn(C(=O)N=[N+]=[N-])cn1)NC(=O)C(=Cc1ccccc1)CC(=O)N(C)c1cccc2ccccc12. The Morgan fingerprint density at radius 1 is 1.08 bits per heavy atom. The zero-order chi connectivity index (χ0) is 27.8. The van der Waals surface area contributed by atoms with Gasteiger partial charge in [-0.3, -0.25) is 19.0 Å². The Kier molecular flexibility index (Phi) is 8.50. The first-order valence-corrected chi connectivity index (χ1v) is 12.3. The minimum absolute atomic E-state index is 0.109. The molecule has 1 aromatic heterocycles. The van der Waals surface area contributed by atoms with Gasteiger partial charge in [-0.2, -0.15) is 0 Å². The van der Waals surface area contributed by atoms with Gasteiger partial charge in [0.2, 0.25) is 11.8 Å². The van der Waals surface area contributed by atoms with Gasteiger partial charge in [0.15, 0.2) is 0 Å². The third-order valence-electron chi connectivity index (χ3n) is 6.16. The lowest BCUT2D eigenvalue weighted by atomic mass is 10.0. The van der Waals surface area contributed by atoms with Crippen molar-refractivity contribution in [3.8, 4) is 0 Å². The van der Waals surface area contributed by atoms with Gasteiger partial charge in [0.1, 0.15) is 6.33 Å². The number of carbonyl (C=O) groups is 3. The molecule has 0 saturated carbocycles. The topological polar surface area (TPSA) is 133 Å². The summed E-state index contributed by atoms with van der Waals surface area (Å²) in [6.45, 7) is 1.80. The lowest BCUT2D eigenvalue weighted by Gasteiger charge is -2.21. The van der Waals surface area contributed by atoms with E-state index in [-0.39, 0.29) is 24.3 Å². The van der Waals surface area contributed by atoms with E-state index in [4.69, 9.17) is 5.53 Å². The molecular formula is C29H27N7O3. The quantitative estimate of drug-likeness (QED) is 0.142. The molecule has 0 bridgehead atoms. The van der Waals surface area contributed by atoms with E-state index in [0.29, 0.717) is 17.7 Å². The van der Waals surface area contributed by atoms with Crippen molar-refractivity contribution in [3.05, 3.63) is 113 Å². The molecule has 39 heavy (non-hydrogen) atoms. The van der Waals surface area contributed by atoms with Crippen LogP contribution in [0.5, 0.6) is 0 Å². The average Bonchev–Trinajstić information content (AvgIpc) is 3.41. The Balaban J connectivity index is 1.51. The molecule has 10 nitrogen and oxygen atoms in total. The van der Waals surface area contributed by atoms with E-state index in [0.717, 1.165) is 26.6 Å². The van der Waals surface area contributed by atoms with Gasteiger partial charge >= 0.3 is 6.03 Å². The molecule has 4 rings (SSSR count). The Hall–Kier alpha value is -5.21. The summed E-state index contributed by atoms with van der Waals surface area (Å²) in [4.78, 5) is 46.7. The molecule has 0 spiro atoms. The Morgan fingerprint density at radius 2 is 1.79 bits per heavy atom. The summed E-state index contributed by atoms with van der Waals surface area (Å²) in [7, 11) is 1.71. The predicted octanol–water partition coefficient (Wildman–Crippen LogP) is 5.50. The van der Waals surface area contributed by atoms with Crippen LogP contribution < -0.4 is 10.2 Å². The van der Waals surface area contributed by atoms with Gasteiger partial charge in [-0.1, -0.05) is 66.7 Å². The summed E-state index contributed by atoms with van der Waals surface area (Å²) in [5.74, 6) is -0.609. The largest absolute Gasteiger partial charge is 0.349 e. The highest BCUT2D eigenvalue weighted by atomic mass is 16.2. The summed E-state index contributed by atoms with van der Waals surface area (Å²) in [6, 6.07) is 21.8. The number of hydrogen-bond acceptors (Lipinski definition) is 4. The zero-order valence-corrected chi connectivity index (χ0v) is 21.6. The molecule has 0 fully saturated rings. The number of carbonyl (C=O) groups excluding carboxylic acids is 3. The molecule has 10 heteroatoms. The fraction of sp³-hybridized carbons (Fsp3) is 0.172. The van der Waals surface area contributed by atoms with E-state index in [2.05, 4.69) is 20.3 Å². The number of rotatable bonds is 8. The first kappa shape index (κ1) is 26.8. The molecule has 0 unspecified atom stereocenters. The second-order valence-electron chi connectivity index (χ2n) is 9.03. The smallest absolute Gasteiger partial charge is 0.319 e. The van der Waals surface area contributed by atoms with Gasteiger partial charge in [0, 0.05) is 46.7 Å². The number of imidazole rings is 1. The van der Waals surface area contributed by atoms with Crippen LogP contribution in [-0.4, -0.2) is 40.5 Å². The Morgan fingerprint density at radius 3 is 2.56 bits per heavy atom. The number of fused-ring (bicyclic) bond motifs is 1. The molecule has 1 heterocycles. The number of anilines is 1. The molecule has 196 valence electrons. The van der Waals surface area contributed by atoms with Crippen molar-refractivity contribution in [2.75, 3.05) is 11.9 Å². The van der Waals surface area contributed by atoms with Crippen LogP contribution in [0.1, 0.15) is 24.6 Å². The summed E-state index contributed by atoms with van der Waals surface area (Å²) in [5.41, 5.74) is 10.8. The average molecular weight is 522 g/mol. The molecule has 3 aromatic carbocycles. The third kappa shape index (κ3) is 6.76. The Bertz CT molecular complexity index is 1580. The van der Waals surface area contributed by atoms with Gasteiger partial charge in [-0.05, 0) is 35.5 Å². The first-order chi connectivity index (χ1) is 18.9. The fourth-order valence-electron chi connectivity index (χ4n) is 4.21. The number of aromatic nitrogens is 2. The number of hydrogen-bond donors (Lipinski definition) is 1. The predicted molar refractivity (Wildman–Crippen MR) is 150 cm³/mol. The van der Waals surface area contributed by atoms with Crippen molar-refractivity contribution >= 4 is 40.4 Å². The number of amides is 3. The van der Waals surface area contributed by atoms with Crippen LogP contribution in [0.4, 0.5) is 10.5 Å². The summed E-state index contributed by atoms with van der Waals surface area (Å²) in [5, 5.41) is 7.93. The van der Waals surface area contributed by atoms with Crippen LogP contribution in [0.3, 0.4) is 0 Å². The maximum atomic E-state index is 13.4. The number of nitrogens with zero attached hydrogens (tertiary/aromatic N) is 6. The van der Waals surface area contributed by atoms with Crippen molar-refractivity contribution in [3.63, 3.8) is 0 Å². The molecule has 0 aliphatic heterocycles. The van der Waals surface area contributed by atoms with Crippen LogP contribution in [0.2, 0.25) is 0 Å².